The quantitative estimate of drug-likeness (QED) is 0.152. The molecule has 0 amide bonds. The van der Waals surface area contributed by atoms with E-state index in [2.05, 4.69) is 265 Å². The van der Waals surface area contributed by atoms with Crippen LogP contribution < -0.4 is 0 Å². The highest BCUT2D eigenvalue weighted by atomic mass is 14.2. The van der Waals surface area contributed by atoms with E-state index in [9.17, 15) is 0 Å². The van der Waals surface area contributed by atoms with Crippen molar-refractivity contribution < 1.29 is 0 Å². The van der Waals surface area contributed by atoms with Gasteiger partial charge in [0.2, 0.25) is 0 Å². The number of fused-ring (bicyclic) bond motifs is 6. The van der Waals surface area contributed by atoms with Crippen molar-refractivity contribution in [2.75, 3.05) is 0 Å². The minimum absolute atomic E-state index is 0.180. The Balaban J connectivity index is 0.000000132. The highest BCUT2D eigenvalue weighted by Crippen LogP contribution is 2.44. The smallest absolute Gasteiger partial charge is 0.00264 e. The third-order valence-electron chi connectivity index (χ3n) is 14.5. The van der Waals surface area contributed by atoms with Crippen LogP contribution in [0.1, 0.15) is 86.1 Å². The lowest BCUT2D eigenvalue weighted by Crippen LogP contribution is -2.11. The molecule has 0 heterocycles. The molecule has 11 aromatic rings. The van der Waals surface area contributed by atoms with Gasteiger partial charge in [0.05, 0.1) is 0 Å². The zero-order valence-corrected chi connectivity index (χ0v) is 42.3. The van der Waals surface area contributed by atoms with Crippen molar-refractivity contribution in [3.8, 4) is 22.3 Å². The summed E-state index contributed by atoms with van der Waals surface area (Å²) < 4.78 is 0. The van der Waals surface area contributed by atoms with E-state index < -0.39 is 0 Å². The van der Waals surface area contributed by atoms with Crippen molar-refractivity contribution in [2.45, 2.75) is 93.9 Å². The van der Waals surface area contributed by atoms with Gasteiger partial charge in [-0.25, -0.2) is 0 Å². The molecule has 0 unspecified atom stereocenters. The van der Waals surface area contributed by atoms with Crippen LogP contribution in [0.15, 0.2) is 182 Å². The highest BCUT2D eigenvalue weighted by Gasteiger charge is 2.20. The molecule has 338 valence electrons. The lowest BCUT2D eigenvalue weighted by molar-refractivity contribution is 0.590. The molecule has 0 N–H and O–H groups in total. The molecule has 0 heteroatoms. The van der Waals surface area contributed by atoms with Gasteiger partial charge in [0, 0.05) is 0 Å². The number of aryl methyl sites for hydroxylation is 6. The minimum atomic E-state index is 0.180. The summed E-state index contributed by atoms with van der Waals surface area (Å²) in [7, 11) is 0. The zero-order chi connectivity index (χ0) is 48.1. The van der Waals surface area contributed by atoms with E-state index >= 15 is 0 Å². The maximum Gasteiger partial charge on any atom is -0.00264 e. The van der Waals surface area contributed by atoms with E-state index in [0.717, 1.165) is 0 Å². The van der Waals surface area contributed by atoms with Gasteiger partial charge in [0.15, 0.2) is 0 Å². The Morgan fingerprint density at radius 2 is 0.471 bits per heavy atom. The molecule has 0 saturated carbocycles. The Bertz CT molecular complexity index is 3300. The van der Waals surface area contributed by atoms with Crippen molar-refractivity contribution in [2.24, 2.45) is 0 Å². The summed E-state index contributed by atoms with van der Waals surface area (Å²) in [5, 5.41) is 16.3. The summed E-state index contributed by atoms with van der Waals surface area (Å²) >= 11 is 0. The summed E-state index contributed by atoms with van der Waals surface area (Å²) in [6.45, 7) is 27.0. The predicted octanol–water partition coefficient (Wildman–Crippen LogP) is 19.8. The first-order chi connectivity index (χ1) is 32.5. The second-order valence-electron chi connectivity index (χ2n) is 21.2. The fourth-order valence-corrected chi connectivity index (χ4v) is 10.3. The maximum absolute atomic E-state index is 2.40. The predicted molar refractivity (Wildman–Crippen MR) is 301 cm³/mol. The van der Waals surface area contributed by atoms with Gasteiger partial charge >= 0.3 is 0 Å². The first-order valence-electron chi connectivity index (χ1n) is 24.4. The van der Waals surface area contributed by atoms with Crippen molar-refractivity contribution in [1.29, 1.82) is 0 Å². The Morgan fingerprint density at radius 1 is 0.235 bits per heavy atom. The summed E-state index contributed by atoms with van der Waals surface area (Å²) in [6, 6.07) is 66.8. The molecule has 0 aromatic heterocycles. The third kappa shape index (κ3) is 8.70. The van der Waals surface area contributed by atoms with Gasteiger partial charge in [0.25, 0.3) is 0 Å². The highest BCUT2D eigenvalue weighted by molar-refractivity contribution is 6.21. The fourth-order valence-electron chi connectivity index (χ4n) is 10.3. The topological polar surface area (TPSA) is 0 Å². The van der Waals surface area contributed by atoms with Crippen LogP contribution in [0, 0.1) is 41.5 Å². The molecule has 0 spiro atoms. The van der Waals surface area contributed by atoms with Crippen molar-refractivity contribution in [1.82, 2.24) is 0 Å². The van der Waals surface area contributed by atoms with Crippen LogP contribution in [0.3, 0.4) is 0 Å². The van der Waals surface area contributed by atoms with E-state index in [1.54, 1.807) is 0 Å². The van der Waals surface area contributed by atoms with E-state index in [1.807, 2.05) is 0 Å². The van der Waals surface area contributed by atoms with Crippen LogP contribution in [0.25, 0.3) is 86.9 Å². The summed E-state index contributed by atoms with van der Waals surface area (Å²) in [5.74, 6) is 0. The van der Waals surface area contributed by atoms with Gasteiger partial charge in [0.1, 0.15) is 0 Å². The molecule has 0 saturated heterocycles. The lowest BCUT2D eigenvalue weighted by Gasteiger charge is -2.23. The van der Waals surface area contributed by atoms with Gasteiger partial charge in [-0.2, -0.15) is 0 Å². The van der Waals surface area contributed by atoms with Gasteiger partial charge in [-0.3, -0.25) is 0 Å². The molecule has 0 bridgehead atoms. The fraction of sp³-hybridized carbons (Fsp3) is 0.206. The van der Waals surface area contributed by atoms with Crippen molar-refractivity contribution in [3.05, 3.63) is 226 Å². The molecule has 0 aliphatic carbocycles. The molecule has 0 atom stereocenters. The van der Waals surface area contributed by atoms with Gasteiger partial charge in [-0.1, -0.05) is 235 Å². The zero-order valence-electron chi connectivity index (χ0n) is 42.3. The van der Waals surface area contributed by atoms with Crippen LogP contribution >= 0.6 is 0 Å². The molecule has 0 nitrogen and oxygen atoms in total. The monoisotopic (exact) mass is 883 g/mol. The van der Waals surface area contributed by atoms with Crippen LogP contribution in [-0.4, -0.2) is 0 Å². The third-order valence-corrected chi connectivity index (χ3v) is 14.5. The normalized spacial score (nSPS) is 11.8. The minimum Gasteiger partial charge on any atom is -0.0616 e. The Morgan fingerprint density at radius 3 is 0.735 bits per heavy atom. The molecule has 11 aromatic carbocycles. The molecule has 11 rings (SSSR count). The van der Waals surface area contributed by atoms with E-state index in [4.69, 9.17) is 0 Å². The Labute approximate surface area is 405 Å². The Kier molecular flexibility index (Phi) is 12.4. The molecular weight excluding hydrogens is 817 g/mol. The van der Waals surface area contributed by atoms with E-state index in [0.29, 0.717) is 0 Å². The average molecular weight is 883 g/mol. The summed E-state index contributed by atoms with van der Waals surface area (Å²) in [4.78, 5) is 0. The summed E-state index contributed by atoms with van der Waals surface area (Å²) in [5.41, 5.74) is 16.5. The van der Waals surface area contributed by atoms with Crippen LogP contribution in [0.2, 0.25) is 0 Å². The van der Waals surface area contributed by atoms with Crippen molar-refractivity contribution in [3.63, 3.8) is 0 Å². The SMILES string of the molecule is Cc1c2ccc(C(C)(C)C)cc2c(C)c2ccc(C(C)(C)C)cc12.Cc1c2ccccc2c(C)c2ccccc12.Cc1ccc(-c2c3ccccc3c(-c3ccc(C)cc3)c3ccccc23)cc1. The first-order valence-corrected chi connectivity index (χ1v) is 24.4. The molecule has 0 aliphatic rings. The number of benzene rings is 11. The molecular formula is C68H66. The van der Waals surface area contributed by atoms with Crippen LogP contribution in [-0.2, 0) is 10.8 Å². The summed E-state index contributed by atoms with van der Waals surface area (Å²) in [6.07, 6.45) is 0. The van der Waals surface area contributed by atoms with Crippen LogP contribution in [0.5, 0.6) is 0 Å². The van der Waals surface area contributed by atoms with Gasteiger partial charge in [-0.05, 0) is 173 Å². The molecule has 68 heavy (non-hydrogen) atoms. The van der Waals surface area contributed by atoms with E-state index in [-0.39, 0.29) is 10.8 Å². The van der Waals surface area contributed by atoms with Crippen molar-refractivity contribution >= 4 is 64.6 Å². The standard InChI is InChI=1S/C28H22.C24H30.C16H14/c1-19-11-15-21(16-12-19)27-23-7-3-5-9-25(23)28(22-17-13-20(2)14-18-22)26-10-6-4-8-24(26)27;1-15-19-11-9-18(24(6,7)8)14-22(19)16(2)20-12-10-17(13-21(15)20)23(3,4)5;1-11-13-7-3-5-9-15(13)12(2)16-10-6-4-8-14(11)16/h3-18H,1-2H3;9-14H,1-8H3;3-10H,1-2H3. The number of rotatable bonds is 2. The number of hydrogen-bond acceptors (Lipinski definition) is 0. The maximum atomic E-state index is 2.40. The van der Waals surface area contributed by atoms with Crippen LogP contribution in [0.4, 0.5) is 0 Å². The average Bonchev–Trinajstić information content (AvgIpc) is 3.34. The van der Waals surface area contributed by atoms with Gasteiger partial charge in [-0.15, -0.1) is 0 Å². The second kappa shape index (κ2) is 18.2. The van der Waals surface area contributed by atoms with E-state index in [1.165, 1.54) is 131 Å². The van der Waals surface area contributed by atoms with Gasteiger partial charge < -0.3 is 0 Å². The lowest BCUT2D eigenvalue weighted by atomic mass is 9.82. The second-order valence-corrected chi connectivity index (χ2v) is 21.2. The molecule has 0 aliphatic heterocycles. The first kappa shape index (κ1) is 46.1. The number of hydrogen-bond donors (Lipinski definition) is 0. The molecule has 0 fully saturated rings. The molecule has 0 radical (unpaired) electrons. The largest absolute Gasteiger partial charge is 0.0616 e. The Hall–Kier alpha value is -7.02.